The van der Waals surface area contributed by atoms with Gasteiger partial charge in [0.1, 0.15) is 0 Å². The molecular weight excluding hydrogens is 220 g/mol. The van der Waals surface area contributed by atoms with Crippen molar-refractivity contribution in [3.63, 3.8) is 0 Å². The Morgan fingerprint density at radius 2 is 1.82 bits per heavy atom. The largest absolute Gasteiger partial charge is 0.481 e. The molecule has 0 fully saturated rings. The minimum absolute atomic E-state index is 0.0464. The number of rotatable bonds is 4. The lowest BCUT2D eigenvalue weighted by atomic mass is 10.1. The molecule has 1 aromatic heterocycles. The summed E-state index contributed by atoms with van der Waals surface area (Å²) < 4.78 is 5.00. The second kappa shape index (κ2) is 4.65. The van der Waals surface area contributed by atoms with E-state index in [9.17, 15) is 9.59 Å². The van der Waals surface area contributed by atoms with Crippen molar-refractivity contribution in [2.45, 2.75) is 6.42 Å². The fourth-order valence-electron chi connectivity index (χ4n) is 1.50. The predicted molar refractivity (Wildman–Crippen MR) is 59.9 cm³/mol. The highest BCUT2D eigenvalue weighted by molar-refractivity contribution is 6.07. The Hall–Kier alpha value is -2.36. The van der Waals surface area contributed by atoms with Gasteiger partial charge in [-0.05, 0) is 17.7 Å². The summed E-state index contributed by atoms with van der Waals surface area (Å²) in [5.41, 5.74) is 1.14. The van der Waals surface area contributed by atoms with Gasteiger partial charge in [0.25, 0.3) is 0 Å². The molecule has 1 aromatic carbocycles. The van der Waals surface area contributed by atoms with E-state index in [1.165, 1.54) is 6.26 Å². The normalized spacial score (nSPS) is 10.1. The summed E-state index contributed by atoms with van der Waals surface area (Å²) in [7, 11) is 0. The maximum atomic E-state index is 11.8. The SMILES string of the molecule is O=C(O)Cc1ccc(C(=O)c2ccco2)cc1. The van der Waals surface area contributed by atoms with Crippen LogP contribution < -0.4 is 0 Å². The van der Waals surface area contributed by atoms with Crippen LogP contribution in [0.3, 0.4) is 0 Å². The molecule has 0 aliphatic rings. The van der Waals surface area contributed by atoms with E-state index >= 15 is 0 Å². The van der Waals surface area contributed by atoms with Crippen molar-refractivity contribution in [1.82, 2.24) is 0 Å². The molecule has 0 unspecified atom stereocenters. The molecule has 1 heterocycles. The number of carbonyl (C=O) groups excluding carboxylic acids is 1. The van der Waals surface area contributed by atoms with Crippen molar-refractivity contribution < 1.29 is 19.1 Å². The number of hydrogen-bond acceptors (Lipinski definition) is 3. The van der Waals surface area contributed by atoms with Crippen LogP contribution in [0.25, 0.3) is 0 Å². The highest BCUT2D eigenvalue weighted by atomic mass is 16.4. The Labute approximate surface area is 97.5 Å². The zero-order valence-electron chi connectivity index (χ0n) is 8.92. The van der Waals surface area contributed by atoms with Gasteiger partial charge in [0.2, 0.25) is 5.78 Å². The van der Waals surface area contributed by atoms with Gasteiger partial charge < -0.3 is 9.52 Å². The molecule has 4 nitrogen and oxygen atoms in total. The van der Waals surface area contributed by atoms with Gasteiger partial charge in [-0.1, -0.05) is 24.3 Å². The van der Waals surface area contributed by atoms with Gasteiger partial charge in [-0.3, -0.25) is 9.59 Å². The third kappa shape index (κ3) is 2.60. The summed E-state index contributed by atoms with van der Waals surface area (Å²) in [5.74, 6) is -0.831. The molecular formula is C13H10O4. The van der Waals surface area contributed by atoms with Crippen molar-refractivity contribution >= 4 is 11.8 Å². The van der Waals surface area contributed by atoms with Gasteiger partial charge in [0.05, 0.1) is 12.7 Å². The fourth-order valence-corrected chi connectivity index (χ4v) is 1.50. The predicted octanol–water partition coefficient (Wildman–Crippen LogP) is 2.14. The first kappa shape index (κ1) is 11.1. The number of carboxylic acids is 1. The summed E-state index contributed by atoms with van der Waals surface area (Å²) >= 11 is 0. The van der Waals surface area contributed by atoms with Crippen LogP contribution in [-0.2, 0) is 11.2 Å². The van der Waals surface area contributed by atoms with Crippen molar-refractivity contribution in [3.05, 3.63) is 59.5 Å². The summed E-state index contributed by atoms with van der Waals surface area (Å²) in [6, 6.07) is 9.69. The van der Waals surface area contributed by atoms with Gasteiger partial charge in [-0.25, -0.2) is 0 Å². The monoisotopic (exact) mass is 230 g/mol. The number of aliphatic carboxylic acids is 1. The number of furan rings is 1. The third-order valence-electron chi connectivity index (χ3n) is 2.32. The van der Waals surface area contributed by atoms with Crippen molar-refractivity contribution in [1.29, 1.82) is 0 Å². The van der Waals surface area contributed by atoms with E-state index < -0.39 is 5.97 Å². The lowest BCUT2D eigenvalue weighted by Crippen LogP contribution is -2.02. The van der Waals surface area contributed by atoms with Crippen LogP contribution >= 0.6 is 0 Å². The Kier molecular flexibility index (Phi) is 3.05. The number of hydrogen-bond donors (Lipinski definition) is 1. The van der Waals surface area contributed by atoms with E-state index in [2.05, 4.69) is 0 Å². The molecule has 0 bridgehead atoms. The average Bonchev–Trinajstić information content (AvgIpc) is 2.82. The van der Waals surface area contributed by atoms with Crippen LogP contribution in [0.2, 0.25) is 0 Å². The molecule has 4 heteroatoms. The zero-order valence-corrected chi connectivity index (χ0v) is 8.92. The van der Waals surface area contributed by atoms with Gasteiger partial charge in [-0.2, -0.15) is 0 Å². The topological polar surface area (TPSA) is 67.5 Å². The molecule has 2 aromatic rings. The summed E-state index contributed by atoms with van der Waals surface area (Å²) in [6.45, 7) is 0. The standard InChI is InChI=1S/C13H10O4/c14-12(15)8-9-3-5-10(6-4-9)13(16)11-2-1-7-17-11/h1-7H,8H2,(H,14,15). The smallest absolute Gasteiger partial charge is 0.307 e. The maximum Gasteiger partial charge on any atom is 0.307 e. The van der Waals surface area contributed by atoms with Gasteiger partial charge >= 0.3 is 5.97 Å². The average molecular weight is 230 g/mol. The quantitative estimate of drug-likeness (QED) is 0.817. The van der Waals surface area contributed by atoms with E-state index in [1.54, 1.807) is 36.4 Å². The second-order valence-corrected chi connectivity index (χ2v) is 3.57. The van der Waals surface area contributed by atoms with Gasteiger partial charge in [0, 0.05) is 5.56 Å². The Balaban J connectivity index is 2.18. The molecule has 0 atom stereocenters. The Morgan fingerprint density at radius 1 is 1.12 bits per heavy atom. The molecule has 86 valence electrons. The van der Waals surface area contributed by atoms with Crippen LogP contribution in [0, 0.1) is 0 Å². The van der Waals surface area contributed by atoms with Crippen LogP contribution in [0.1, 0.15) is 21.7 Å². The molecule has 0 spiro atoms. The van der Waals surface area contributed by atoms with Crippen LogP contribution in [0.4, 0.5) is 0 Å². The molecule has 0 saturated heterocycles. The molecule has 0 radical (unpaired) electrons. The summed E-state index contributed by atoms with van der Waals surface area (Å²) in [4.78, 5) is 22.3. The molecule has 0 amide bonds. The van der Waals surface area contributed by atoms with E-state index in [1.807, 2.05) is 0 Å². The van der Waals surface area contributed by atoms with Crippen LogP contribution in [0.15, 0.2) is 47.1 Å². The molecule has 0 aliphatic heterocycles. The number of benzene rings is 1. The van der Waals surface area contributed by atoms with E-state index in [0.717, 1.165) is 0 Å². The minimum Gasteiger partial charge on any atom is -0.481 e. The number of carbonyl (C=O) groups is 2. The van der Waals surface area contributed by atoms with Crippen LogP contribution in [0.5, 0.6) is 0 Å². The minimum atomic E-state index is -0.893. The fraction of sp³-hybridized carbons (Fsp3) is 0.0769. The van der Waals surface area contributed by atoms with Crippen molar-refractivity contribution in [2.24, 2.45) is 0 Å². The first-order valence-electron chi connectivity index (χ1n) is 5.06. The maximum absolute atomic E-state index is 11.8. The summed E-state index contributed by atoms with van der Waals surface area (Å²) in [5, 5.41) is 8.61. The molecule has 17 heavy (non-hydrogen) atoms. The molecule has 1 N–H and O–H groups in total. The summed E-state index contributed by atoms with van der Waals surface area (Å²) in [6.07, 6.45) is 1.39. The second-order valence-electron chi connectivity index (χ2n) is 3.57. The van der Waals surface area contributed by atoms with Gasteiger partial charge in [0.15, 0.2) is 5.76 Å². The zero-order chi connectivity index (χ0) is 12.3. The first-order chi connectivity index (χ1) is 8.16. The molecule has 0 aliphatic carbocycles. The third-order valence-corrected chi connectivity index (χ3v) is 2.32. The first-order valence-corrected chi connectivity index (χ1v) is 5.06. The lowest BCUT2D eigenvalue weighted by Gasteiger charge is -2.00. The highest BCUT2D eigenvalue weighted by Crippen LogP contribution is 2.11. The van der Waals surface area contributed by atoms with Gasteiger partial charge in [-0.15, -0.1) is 0 Å². The van der Waals surface area contributed by atoms with E-state index in [-0.39, 0.29) is 18.0 Å². The Bertz CT molecular complexity index is 523. The lowest BCUT2D eigenvalue weighted by molar-refractivity contribution is -0.136. The highest BCUT2D eigenvalue weighted by Gasteiger charge is 2.11. The van der Waals surface area contributed by atoms with E-state index in [0.29, 0.717) is 11.1 Å². The van der Waals surface area contributed by atoms with Crippen molar-refractivity contribution in [2.75, 3.05) is 0 Å². The number of ketones is 1. The van der Waals surface area contributed by atoms with Crippen LogP contribution in [-0.4, -0.2) is 16.9 Å². The molecule has 2 rings (SSSR count). The van der Waals surface area contributed by atoms with E-state index in [4.69, 9.17) is 9.52 Å². The number of carboxylic acid groups (broad SMARTS) is 1. The van der Waals surface area contributed by atoms with Crippen molar-refractivity contribution in [3.8, 4) is 0 Å². The molecule has 0 saturated carbocycles. The Morgan fingerprint density at radius 3 is 2.35 bits per heavy atom.